The van der Waals surface area contributed by atoms with Crippen LogP contribution < -0.4 is 46.6 Å². The summed E-state index contributed by atoms with van der Waals surface area (Å²) in [5.74, 6) is 0. The number of para-hydroxylation sites is 1. The molecule has 1 aliphatic carbocycles. The first kappa shape index (κ1) is 41.0. The molecule has 2 unspecified atom stereocenters. The van der Waals surface area contributed by atoms with E-state index in [1.807, 2.05) is 0 Å². The average Bonchev–Trinajstić information content (AvgIpc) is 3.44. The van der Waals surface area contributed by atoms with Crippen molar-refractivity contribution in [3.8, 4) is 0 Å². The van der Waals surface area contributed by atoms with Gasteiger partial charge in [-0.3, -0.25) is 0 Å². The number of benzene rings is 6. The predicted octanol–water partition coefficient (Wildman–Crippen LogP) is 11.8. The van der Waals surface area contributed by atoms with Crippen LogP contribution in [0.3, 0.4) is 0 Å². The van der Waals surface area contributed by atoms with E-state index < -0.39 is 16.1 Å². The molecular formula is C57H66BN3Si2. The van der Waals surface area contributed by atoms with E-state index in [1.165, 1.54) is 109 Å². The van der Waals surface area contributed by atoms with Gasteiger partial charge in [-0.05, 0) is 118 Å². The van der Waals surface area contributed by atoms with Gasteiger partial charge in [-0.15, -0.1) is 0 Å². The lowest BCUT2D eigenvalue weighted by atomic mass is 9.33. The summed E-state index contributed by atoms with van der Waals surface area (Å²) >= 11 is 0. The van der Waals surface area contributed by atoms with Crippen molar-refractivity contribution < 1.29 is 0 Å². The van der Waals surface area contributed by atoms with Gasteiger partial charge in [0.15, 0.2) is 0 Å². The Morgan fingerprint density at radius 1 is 0.540 bits per heavy atom. The van der Waals surface area contributed by atoms with E-state index in [4.69, 9.17) is 0 Å². The molecular weight excluding hydrogens is 794 g/mol. The van der Waals surface area contributed by atoms with E-state index in [0.29, 0.717) is 0 Å². The SMILES string of the molecule is CC(C)(C)c1cc(N2c3cc(N4c5ccccc5C5(C)CCCCC45C)cc4c3B3c5c(cccc5[Si](C)(C)c5cccc2c53)N4c2ccc([Si](C)(C)C)cc2)cc(C(C)(C)C)c1. The molecule has 0 aromatic heterocycles. The topological polar surface area (TPSA) is 9.72 Å². The Kier molecular flexibility index (Phi) is 8.56. The van der Waals surface area contributed by atoms with Crippen LogP contribution in [0, 0.1) is 0 Å². The molecule has 6 aromatic rings. The Bertz CT molecular complexity index is 2860. The van der Waals surface area contributed by atoms with Crippen LogP contribution in [0.15, 0.2) is 115 Å². The highest BCUT2D eigenvalue weighted by Crippen LogP contribution is 2.61. The lowest BCUT2D eigenvalue weighted by Gasteiger charge is -2.52. The van der Waals surface area contributed by atoms with E-state index in [-0.39, 0.29) is 28.5 Å². The third-order valence-electron chi connectivity index (χ3n) is 16.6. The van der Waals surface area contributed by atoms with Gasteiger partial charge in [-0.2, -0.15) is 0 Å². The fraction of sp³-hybridized carbons (Fsp3) is 0.368. The van der Waals surface area contributed by atoms with Gasteiger partial charge in [0.1, 0.15) is 8.07 Å². The van der Waals surface area contributed by atoms with Crippen molar-refractivity contribution in [2.45, 2.75) is 136 Å². The van der Waals surface area contributed by atoms with Crippen LogP contribution in [0.25, 0.3) is 0 Å². The highest BCUT2D eigenvalue weighted by molar-refractivity contribution is 7.16. The van der Waals surface area contributed by atoms with E-state index in [2.05, 4.69) is 218 Å². The number of anilines is 8. The summed E-state index contributed by atoms with van der Waals surface area (Å²) in [6, 6.07) is 46.6. The molecule has 1 fully saturated rings. The van der Waals surface area contributed by atoms with Crippen molar-refractivity contribution in [2.75, 3.05) is 14.7 Å². The van der Waals surface area contributed by atoms with Gasteiger partial charge in [0.05, 0.1) is 13.6 Å². The number of hydrogen-bond donors (Lipinski definition) is 0. The summed E-state index contributed by atoms with van der Waals surface area (Å²) in [5, 5.41) is 4.66. The van der Waals surface area contributed by atoms with E-state index in [9.17, 15) is 0 Å². The second-order valence-electron chi connectivity index (χ2n) is 23.8. The summed E-state index contributed by atoms with van der Waals surface area (Å²) in [4.78, 5) is 8.22. The molecule has 5 aliphatic rings. The van der Waals surface area contributed by atoms with Gasteiger partial charge in [-0.25, -0.2) is 0 Å². The first-order chi connectivity index (χ1) is 29.6. The first-order valence-electron chi connectivity index (χ1n) is 23.9. The Hall–Kier alpha value is -4.78. The van der Waals surface area contributed by atoms with Crippen LogP contribution in [0.4, 0.5) is 45.5 Å². The summed E-state index contributed by atoms with van der Waals surface area (Å²) < 4.78 is 0. The minimum atomic E-state index is -2.15. The molecule has 0 N–H and O–H groups in total. The van der Waals surface area contributed by atoms with Gasteiger partial charge in [-0.1, -0.05) is 170 Å². The van der Waals surface area contributed by atoms with Crippen molar-refractivity contribution >= 4 is 100 Å². The normalized spacial score (nSPS) is 21.6. The summed E-state index contributed by atoms with van der Waals surface area (Å²) in [6.45, 7) is 32.2. The number of rotatable bonds is 4. The molecule has 63 heavy (non-hydrogen) atoms. The molecule has 6 aromatic carbocycles. The van der Waals surface area contributed by atoms with Crippen LogP contribution in [0.5, 0.6) is 0 Å². The van der Waals surface area contributed by atoms with E-state index >= 15 is 0 Å². The molecule has 4 heterocycles. The van der Waals surface area contributed by atoms with E-state index in [0.717, 1.165) is 0 Å². The van der Waals surface area contributed by atoms with Crippen molar-refractivity contribution in [3.05, 3.63) is 132 Å². The van der Waals surface area contributed by atoms with E-state index in [1.54, 1.807) is 10.4 Å². The molecule has 11 rings (SSSR count). The molecule has 6 heteroatoms. The van der Waals surface area contributed by atoms with Crippen LogP contribution in [0.2, 0.25) is 32.7 Å². The van der Waals surface area contributed by atoms with Gasteiger partial charge in [0.2, 0.25) is 0 Å². The van der Waals surface area contributed by atoms with Crippen molar-refractivity contribution in [1.29, 1.82) is 0 Å². The maximum atomic E-state index is 2.81. The van der Waals surface area contributed by atoms with Crippen molar-refractivity contribution in [1.82, 2.24) is 0 Å². The zero-order chi connectivity index (χ0) is 44.4. The highest BCUT2D eigenvalue weighted by atomic mass is 28.3. The Morgan fingerprint density at radius 2 is 1.06 bits per heavy atom. The molecule has 0 saturated heterocycles. The Balaban J connectivity index is 1.29. The second kappa shape index (κ2) is 13.2. The van der Waals surface area contributed by atoms with Crippen LogP contribution in [-0.4, -0.2) is 28.4 Å². The second-order valence-corrected chi connectivity index (χ2v) is 33.2. The number of fused-ring (bicyclic) bond motifs is 3. The molecule has 1 saturated carbocycles. The molecule has 320 valence electrons. The number of hydrogen-bond acceptors (Lipinski definition) is 3. The summed E-state index contributed by atoms with van der Waals surface area (Å²) in [7, 11) is -3.68. The smallest absolute Gasteiger partial charge is 0.251 e. The average molecular weight is 860 g/mol. The zero-order valence-corrected chi connectivity index (χ0v) is 42.2. The molecule has 0 spiro atoms. The van der Waals surface area contributed by atoms with Gasteiger partial charge in [0, 0.05) is 50.9 Å². The van der Waals surface area contributed by atoms with Crippen LogP contribution in [0.1, 0.15) is 97.8 Å². The van der Waals surface area contributed by atoms with Gasteiger partial charge >= 0.3 is 0 Å². The standard InChI is InChI=1S/C57H66BN3Si2/c1-54(2,3)37-32-38(55(4,5)6)34-40(33-37)60-46-23-19-25-50-53(46)58-51-47(35-41(36-48(51)60)61-44-21-15-14-20-43(44)56(7)30-16-17-31-57(56,61)8)59(39-26-28-42(29-27-39)62(9,10)11)45-22-18-24-49(52(45)58)63(50,12)13/h14-15,18-29,32-36H,16-17,30-31H2,1-13H3. The fourth-order valence-electron chi connectivity index (χ4n) is 12.8. The van der Waals surface area contributed by atoms with Crippen molar-refractivity contribution in [3.63, 3.8) is 0 Å². The third-order valence-corrected chi connectivity index (χ3v) is 22.3. The van der Waals surface area contributed by atoms with Crippen LogP contribution >= 0.6 is 0 Å². The first-order valence-corrected chi connectivity index (χ1v) is 30.4. The fourth-order valence-corrected chi connectivity index (χ4v) is 17.2. The van der Waals surface area contributed by atoms with Gasteiger partial charge in [0.25, 0.3) is 6.71 Å². The Morgan fingerprint density at radius 3 is 1.62 bits per heavy atom. The monoisotopic (exact) mass is 859 g/mol. The van der Waals surface area contributed by atoms with Crippen LogP contribution in [-0.2, 0) is 16.2 Å². The summed E-state index contributed by atoms with van der Waals surface area (Å²) in [6.07, 6.45) is 4.90. The minimum Gasteiger partial charge on any atom is -0.334 e. The largest absolute Gasteiger partial charge is 0.334 e. The molecule has 2 atom stereocenters. The van der Waals surface area contributed by atoms with Gasteiger partial charge < -0.3 is 14.7 Å². The third kappa shape index (κ3) is 5.62. The lowest BCUT2D eigenvalue weighted by Crippen LogP contribution is -2.79. The molecule has 0 bridgehead atoms. The number of nitrogens with zero attached hydrogens (tertiary/aromatic N) is 3. The molecule has 4 aliphatic heterocycles. The maximum absolute atomic E-state index is 2.81. The highest BCUT2D eigenvalue weighted by Gasteiger charge is 2.58. The lowest BCUT2D eigenvalue weighted by molar-refractivity contribution is 0.195. The maximum Gasteiger partial charge on any atom is 0.251 e. The molecule has 0 radical (unpaired) electrons. The molecule has 3 nitrogen and oxygen atoms in total. The minimum absolute atomic E-state index is 0.0212. The quantitative estimate of drug-likeness (QED) is 0.163. The Labute approximate surface area is 380 Å². The predicted molar refractivity (Wildman–Crippen MR) is 280 cm³/mol. The summed E-state index contributed by atoms with van der Waals surface area (Å²) in [5.41, 5.74) is 19.2. The zero-order valence-electron chi connectivity index (χ0n) is 40.2. The van der Waals surface area contributed by atoms with Crippen molar-refractivity contribution in [2.24, 2.45) is 0 Å². The molecule has 0 amide bonds.